The molecule has 0 spiro atoms. The van der Waals surface area contributed by atoms with Crippen LogP contribution in [0.2, 0.25) is 0 Å². The van der Waals surface area contributed by atoms with E-state index in [2.05, 4.69) is 0 Å². The number of benzene rings is 2. The van der Waals surface area contributed by atoms with Crippen LogP contribution >= 0.6 is 0 Å². The zero-order chi connectivity index (χ0) is 14.0. The van der Waals surface area contributed by atoms with Crippen molar-refractivity contribution >= 4 is 5.69 Å². The van der Waals surface area contributed by atoms with Crippen molar-refractivity contribution in [1.82, 2.24) is 0 Å². The van der Waals surface area contributed by atoms with E-state index in [1.165, 1.54) is 13.2 Å². The van der Waals surface area contributed by atoms with Gasteiger partial charge in [-0.15, -0.1) is 0 Å². The fourth-order valence-corrected chi connectivity index (χ4v) is 1.62. The molecule has 0 saturated heterocycles. The number of anilines is 1. The van der Waals surface area contributed by atoms with Crippen LogP contribution in [0.1, 0.15) is 5.56 Å². The Morgan fingerprint density at radius 3 is 2.47 bits per heavy atom. The molecule has 0 aliphatic carbocycles. The van der Waals surface area contributed by atoms with Gasteiger partial charge in [0, 0.05) is 0 Å². The summed E-state index contributed by atoms with van der Waals surface area (Å²) in [5, 5.41) is 0. The van der Waals surface area contributed by atoms with Gasteiger partial charge >= 0.3 is 0 Å². The van der Waals surface area contributed by atoms with Gasteiger partial charge in [0.2, 0.25) is 5.82 Å². The van der Waals surface area contributed by atoms with E-state index >= 15 is 0 Å². The number of hydrogen-bond donors (Lipinski definition) is 1. The second-order valence-electron chi connectivity index (χ2n) is 4.04. The zero-order valence-corrected chi connectivity index (χ0v) is 10.5. The Morgan fingerprint density at radius 1 is 1.05 bits per heavy atom. The molecular weight excluding hydrogens is 252 g/mol. The second-order valence-corrected chi connectivity index (χ2v) is 4.04. The average molecular weight is 265 g/mol. The van der Waals surface area contributed by atoms with Crippen LogP contribution in [0.4, 0.5) is 14.5 Å². The van der Waals surface area contributed by atoms with Crippen LogP contribution in [-0.2, 0) is 0 Å². The van der Waals surface area contributed by atoms with E-state index in [-0.39, 0.29) is 17.2 Å². The normalized spacial score (nSPS) is 10.3. The van der Waals surface area contributed by atoms with Gasteiger partial charge in [-0.25, -0.2) is 4.39 Å². The Bertz CT molecular complexity index is 615. The quantitative estimate of drug-likeness (QED) is 0.861. The molecule has 2 aromatic rings. The molecule has 0 aliphatic rings. The van der Waals surface area contributed by atoms with Crippen LogP contribution in [0.25, 0.3) is 0 Å². The Kier molecular flexibility index (Phi) is 3.55. The molecule has 0 fully saturated rings. The summed E-state index contributed by atoms with van der Waals surface area (Å²) < 4.78 is 37.3. The minimum Gasteiger partial charge on any atom is -0.493 e. The molecule has 0 amide bonds. The largest absolute Gasteiger partial charge is 0.493 e. The number of hydrogen-bond acceptors (Lipinski definition) is 3. The Labute approximate surface area is 109 Å². The first kappa shape index (κ1) is 13.1. The van der Waals surface area contributed by atoms with Gasteiger partial charge in [-0.3, -0.25) is 0 Å². The Hall–Kier alpha value is -2.30. The summed E-state index contributed by atoms with van der Waals surface area (Å²) in [4.78, 5) is 0. The van der Waals surface area contributed by atoms with Crippen molar-refractivity contribution in [3.05, 3.63) is 47.5 Å². The molecule has 0 unspecified atom stereocenters. The smallest absolute Gasteiger partial charge is 0.203 e. The van der Waals surface area contributed by atoms with Crippen LogP contribution in [-0.4, -0.2) is 7.11 Å². The van der Waals surface area contributed by atoms with Gasteiger partial charge in [0.25, 0.3) is 0 Å². The van der Waals surface area contributed by atoms with Crippen molar-refractivity contribution in [3.8, 4) is 17.2 Å². The van der Waals surface area contributed by atoms with Gasteiger partial charge in [-0.05, 0) is 36.8 Å². The maximum absolute atomic E-state index is 13.6. The number of ether oxygens (including phenoxy) is 2. The monoisotopic (exact) mass is 265 g/mol. The highest BCUT2D eigenvalue weighted by Gasteiger charge is 2.16. The second kappa shape index (κ2) is 5.14. The highest BCUT2D eigenvalue weighted by atomic mass is 19.2. The van der Waals surface area contributed by atoms with Gasteiger partial charge in [0.15, 0.2) is 23.1 Å². The number of nitrogens with two attached hydrogens (primary N) is 1. The number of aryl methyl sites for hydroxylation is 1. The third-order valence-electron chi connectivity index (χ3n) is 2.61. The van der Waals surface area contributed by atoms with Crippen LogP contribution in [0.5, 0.6) is 17.2 Å². The van der Waals surface area contributed by atoms with Crippen molar-refractivity contribution in [2.24, 2.45) is 0 Å². The lowest BCUT2D eigenvalue weighted by Gasteiger charge is -2.13. The molecule has 0 saturated carbocycles. The fourth-order valence-electron chi connectivity index (χ4n) is 1.62. The van der Waals surface area contributed by atoms with E-state index in [4.69, 9.17) is 15.2 Å². The number of rotatable bonds is 3. The van der Waals surface area contributed by atoms with Gasteiger partial charge in [0.1, 0.15) is 0 Å². The highest BCUT2D eigenvalue weighted by molar-refractivity contribution is 5.56. The Morgan fingerprint density at radius 2 is 1.79 bits per heavy atom. The third kappa shape index (κ3) is 2.59. The van der Waals surface area contributed by atoms with Crippen molar-refractivity contribution in [2.45, 2.75) is 6.92 Å². The first-order valence-corrected chi connectivity index (χ1v) is 5.59. The van der Waals surface area contributed by atoms with E-state index in [0.717, 1.165) is 11.6 Å². The number of halogens is 2. The summed E-state index contributed by atoms with van der Waals surface area (Å²) >= 11 is 0. The standard InChI is InChI=1S/C14H13F2NO2/c1-8-3-6-11(12(7-8)18-2)19-14-10(17)5-4-9(15)13(14)16/h3-7H,17H2,1-2H3. The molecule has 2 rings (SSSR count). The van der Waals surface area contributed by atoms with E-state index in [1.807, 2.05) is 6.92 Å². The molecule has 0 aromatic heterocycles. The summed E-state index contributed by atoms with van der Waals surface area (Å²) in [5.74, 6) is -1.80. The molecule has 0 aliphatic heterocycles. The predicted molar refractivity (Wildman–Crippen MR) is 68.6 cm³/mol. The van der Waals surface area contributed by atoms with Crippen molar-refractivity contribution in [1.29, 1.82) is 0 Å². The Balaban J connectivity index is 2.44. The predicted octanol–water partition coefficient (Wildman–Crippen LogP) is 3.66. The minimum atomic E-state index is -1.12. The lowest BCUT2D eigenvalue weighted by atomic mass is 10.2. The molecule has 5 heteroatoms. The van der Waals surface area contributed by atoms with Crippen LogP contribution in [0.3, 0.4) is 0 Å². The molecule has 2 N–H and O–H groups in total. The summed E-state index contributed by atoms with van der Waals surface area (Å²) in [6, 6.07) is 7.30. The fraction of sp³-hybridized carbons (Fsp3) is 0.143. The minimum absolute atomic E-state index is 0.0153. The summed E-state index contributed by atoms with van der Waals surface area (Å²) in [6.45, 7) is 1.88. The lowest BCUT2D eigenvalue weighted by Crippen LogP contribution is -1.99. The van der Waals surface area contributed by atoms with Crippen molar-refractivity contribution in [2.75, 3.05) is 12.8 Å². The highest BCUT2D eigenvalue weighted by Crippen LogP contribution is 2.36. The van der Waals surface area contributed by atoms with Crippen LogP contribution in [0, 0.1) is 18.6 Å². The van der Waals surface area contributed by atoms with E-state index in [1.54, 1.807) is 18.2 Å². The molecule has 0 radical (unpaired) electrons. The SMILES string of the molecule is COc1cc(C)ccc1Oc1c(N)ccc(F)c1F. The zero-order valence-electron chi connectivity index (χ0n) is 10.5. The topological polar surface area (TPSA) is 44.5 Å². The van der Waals surface area contributed by atoms with Crippen LogP contribution in [0.15, 0.2) is 30.3 Å². The molecule has 3 nitrogen and oxygen atoms in total. The maximum Gasteiger partial charge on any atom is 0.203 e. The average Bonchev–Trinajstić information content (AvgIpc) is 2.40. The van der Waals surface area contributed by atoms with Gasteiger partial charge in [-0.2, -0.15) is 4.39 Å². The third-order valence-corrected chi connectivity index (χ3v) is 2.61. The molecule has 0 atom stereocenters. The first-order valence-electron chi connectivity index (χ1n) is 5.59. The van der Waals surface area contributed by atoms with Crippen LogP contribution < -0.4 is 15.2 Å². The first-order chi connectivity index (χ1) is 9.02. The van der Waals surface area contributed by atoms with Crippen molar-refractivity contribution in [3.63, 3.8) is 0 Å². The van der Waals surface area contributed by atoms with E-state index in [0.29, 0.717) is 5.75 Å². The lowest BCUT2D eigenvalue weighted by molar-refractivity contribution is 0.366. The number of methoxy groups -OCH3 is 1. The molecular formula is C14H13F2NO2. The van der Waals surface area contributed by atoms with Gasteiger partial charge < -0.3 is 15.2 Å². The summed E-state index contributed by atoms with van der Waals surface area (Å²) in [7, 11) is 1.47. The summed E-state index contributed by atoms with van der Waals surface area (Å²) in [5.41, 5.74) is 6.56. The molecule has 2 aromatic carbocycles. The van der Waals surface area contributed by atoms with E-state index in [9.17, 15) is 8.78 Å². The molecule has 0 heterocycles. The van der Waals surface area contributed by atoms with E-state index < -0.39 is 11.6 Å². The number of nitrogen functional groups attached to an aromatic ring is 1. The van der Waals surface area contributed by atoms with Gasteiger partial charge in [-0.1, -0.05) is 6.07 Å². The summed E-state index contributed by atoms with van der Waals surface area (Å²) in [6.07, 6.45) is 0. The maximum atomic E-state index is 13.6. The molecule has 19 heavy (non-hydrogen) atoms. The molecule has 0 bridgehead atoms. The van der Waals surface area contributed by atoms with Gasteiger partial charge in [0.05, 0.1) is 12.8 Å². The van der Waals surface area contributed by atoms with Crippen molar-refractivity contribution < 1.29 is 18.3 Å². The molecule has 100 valence electrons.